The summed E-state index contributed by atoms with van der Waals surface area (Å²) in [6.07, 6.45) is -5.70. The number of benzene rings is 3. The molecule has 190 valence electrons. The third-order valence-corrected chi connectivity index (χ3v) is 5.81. The molecular formula is C23H14F8N2O2S. The minimum absolute atomic E-state index is 0.204. The molecular weight excluding hydrogens is 520 g/mol. The van der Waals surface area contributed by atoms with E-state index >= 15 is 0 Å². The van der Waals surface area contributed by atoms with Crippen LogP contribution in [0.4, 0.5) is 46.5 Å². The monoisotopic (exact) mass is 534 g/mol. The first kappa shape index (κ1) is 27.0. The molecule has 36 heavy (non-hydrogen) atoms. The van der Waals surface area contributed by atoms with Crippen LogP contribution in [-0.4, -0.2) is 17.1 Å². The number of hydrogen-bond donors (Lipinski definition) is 2. The first-order valence-electron chi connectivity index (χ1n) is 9.87. The highest BCUT2D eigenvalue weighted by atomic mass is 32.2. The second-order valence-electron chi connectivity index (χ2n) is 7.24. The number of rotatable bonds is 6. The summed E-state index contributed by atoms with van der Waals surface area (Å²) in [7, 11) is 0. The number of amides is 2. The average Bonchev–Trinajstić information content (AvgIpc) is 2.81. The molecule has 0 bridgehead atoms. The molecule has 1 atom stereocenters. The summed E-state index contributed by atoms with van der Waals surface area (Å²) >= 11 is 0.845. The zero-order chi connectivity index (χ0) is 26.8. The highest BCUT2D eigenvalue weighted by Crippen LogP contribution is 2.38. The van der Waals surface area contributed by atoms with E-state index in [1.165, 1.54) is 43.3 Å². The van der Waals surface area contributed by atoms with Crippen LogP contribution in [0, 0.1) is 29.1 Å². The highest BCUT2D eigenvalue weighted by Gasteiger charge is 2.42. The van der Waals surface area contributed by atoms with E-state index in [1.54, 1.807) is 5.32 Å². The first-order chi connectivity index (χ1) is 16.8. The Hall–Kier alpha value is -3.61. The minimum atomic E-state index is -5.70. The van der Waals surface area contributed by atoms with Gasteiger partial charge < -0.3 is 10.6 Å². The number of hydrogen-bond acceptors (Lipinski definition) is 3. The number of alkyl halides is 3. The summed E-state index contributed by atoms with van der Waals surface area (Å²) in [5.74, 6) is -12.3. The number of halogens is 8. The van der Waals surface area contributed by atoms with Gasteiger partial charge >= 0.3 is 6.18 Å². The summed E-state index contributed by atoms with van der Waals surface area (Å²) in [4.78, 5) is 24.9. The smallest absolute Gasteiger partial charge is 0.322 e. The largest absolute Gasteiger partial charge is 0.422 e. The number of carbonyl (C=O) groups excluding carboxylic acids is 2. The van der Waals surface area contributed by atoms with Crippen molar-refractivity contribution in [2.45, 2.75) is 23.2 Å². The van der Waals surface area contributed by atoms with Gasteiger partial charge in [0.1, 0.15) is 17.1 Å². The zero-order valence-corrected chi connectivity index (χ0v) is 18.8. The molecule has 0 radical (unpaired) electrons. The van der Waals surface area contributed by atoms with Crippen molar-refractivity contribution in [2.75, 3.05) is 10.6 Å². The van der Waals surface area contributed by atoms with E-state index in [-0.39, 0.29) is 5.56 Å². The quantitative estimate of drug-likeness (QED) is 0.209. The van der Waals surface area contributed by atoms with Crippen molar-refractivity contribution in [3.05, 3.63) is 88.7 Å². The molecule has 0 saturated heterocycles. The van der Waals surface area contributed by atoms with Crippen molar-refractivity contribution < 1.29 is 44.7 Å². The van der Waals surface area contributed by atoms with Gasteiger partial charge in [0.15, 0.2) is 23.3 Å². The molecule has 3 aromatic rings. The molecule has 3 aromatic carbocycles. The number of thioether (sulfide) groups is 1. The Kier molecular flexibility index (Phi) is 7.92. The fraction of sp³-hybridized carbons (Fsp3) is 0.130. The van der Waals surface area contributed by atoms with Gasteiger partial charge in [-0.3, -0.25) is 9.59 Å². The molecule has 0 aliphatic rings. The molecule has 4 nitrogen and oxygen atoms in total. The zero-order valence-electron chi connectivity index (χ0n) is 17.9. The van der Waals surface area contributed by atoms with Gasteiger partial charge in [0.25, 0.3) is 5.91 Å². The van der Waals surface area contributed by atoms with Gasteiger partial charge in [-0.2, -0.15) is 13.2 Å². The lowest BCUT2D eigenvalue weighted by atomic mass is 10.1. The highest BCUT2D eigenvalue weighted by molar-refractivity contribution is 8.00. The summed E-state index contributed by atoms with van der Waals surface area (Å²) < 4.78 is 107. The van der Waals surface area contributed by atoms with Crippen molar-refractivity contribution in [3.8, 4) is 0 Å². The molecule has 0 saturated carbocycles. The summed E-state index contributed by atoms with van der Waals surface area (Å²) in [5.41, 5.74) is -3.87. The van der Waals surface area contributed by atoms with Crippen LogP contribution in [0.3, 0.4) is 0 Å². The van der Waals surface area contributed by atoms with Crippen LogP contribution in [0.2, 0.25) is 0 Å². The Labute approximate surface area is 202 Å². The van der Waals surface area contributed by atoms with Crippen LogP contribution < -0.4 is 10.6 Å². The van der Waals surface area contributed by atoms with Crippen LogP contribution >= 0.6 is 11.8 Å². The second kappa shape index (κ2) is 10.6. The number of anilines is 2. The van der Waals surface area contributed by atoms with E-state index in [9.17, 15) is 44.7 Å². The van der Waals surface area contributed by atoms with Gasteiger partial charge in [0.2, 0.25) is 5.91 Å². The molecule has 0 fully saturated rings. The molecule has 0 heterocycles. The van der Waals surface area contributed by atoms with Crippen molar-refractivity contribution in [1.82, 2.24) is 0 Å². The third kappa shape index (κ3) is 5.96. The molecule has 13 heteroatoms. The Morgan fingerprint density at radius 2 is 1.31 bits per heavy atom. The van der Waals surface area contributed by atoms with E-state index in [0.717, 1.165) is 23.9 Å². The molecule has 0 aliphatic heterocycles. The third-order valence-electron chi connectivity index (χ3n) is 4.70. The van der Waals surface area contributed by atoms with Crippen LogP contribution in [0.25, 0.3) is 0 Å². The Balaban J connectivity index is 1.68. The maximum Gasteiger partial charge on any atom is 0.422 e. The molecule has 1 unspecified atom stereocenters. The fourth-order valence-electron chi connectivity index (χ4n) is 2.89. The lowest BCUT2D eigenvalue weighted by Crippen LogP contribution is -2.25. The Morgan fingerprint density at radius 1 is 0.778 bits per heavy atom. The fourth-order valence-corrected chi connectivity index (χ4v) is 3.76. The Morgan fingerprint density at radius 3 is 1.81 bits per heavy atom. The minimum Gasteiger partial charge on any atom is -0.322 e. The van der Waals surface area contributed by atoms with Crippen LogP contribution in [0.1, 0.15) is 22.8 Å². The van der Waals surface area contributed by atoms with Crippen LogP contribution in [0.15, 0.2) is 53.4 Å². The SMILES string of the molecule is CC(Sc1ccc(NC(=O)c2ccc(F)cc2)cc1)C(=O)Nc1c(F)c(F)c(C(F)(F)F)c(F)c1F. The predicted octanol–water partition coefficient (Wildman–Crippen LogP) is 6.77. The van der Waals surface area contributed by atoms with Gasteiger partial charge in [0, 0.05) is 16.1 Å². The Bertz CT molecular complexity index is 1270. The van der Waals surface area contributed by atoms with Gasteiger partial charge in [-0.25, -0.2) is 22.0 Å². The lowest BCUT2D eigenvalue weighted by Gasteiger charge is -2.16. The summed E-state index contributed by atoms with van der Waals surface area (Å²) in [6.45, 7) is 1.27. The van der Waals surface area contributed by atoms with Crippen LogP contribution in [-0.2, 0) is 11.0 Å². The van der Waals surface area contributed by atoms with Crippen molar-refractivity contribution >= 4 is 35.0 Å². The van der Waals surface area contributed by atoms with Gasteiger partial charge in [-0.05, 0) is 55.5 Å². The second-order valence-corrected chi connectivity index (χ2v) is 8.65. The standard InChI is InChI=1S/C23H14F8N2O2S/c1-10(21(34)33-20-18(27)16(25)15(23(29,30)31)17(26)19(20)28)36-14-8-6-13(7-9-14)32-22(35)11-2-4-12(24)5-3-11/h2-10H,1H3,(H,32,35)(H,33,34). The maximum absolute atomic E-state index is 14.0. The van der Waals surface area contributed by atoms with Gasteiger partial charge in [-0.1, -0.05) is 0 Å². The van der Waals surface area contributed by atoms with Crippen molar-refractivity contribution in [1.29, 1.82) is 0 Å². The van der Waals surface area contributed by atoms with Crippen molar-refractivity contribution in [3.63, 3.8) is 0 Å². The molecule has 0 spiro atoms. The molecule has 2 amide bonds. The molecule has 3 rings (SSSR count). The van der Waals surface area contributed by atoms with E-state index in [4.69, 9.17) is 0 Å². The van der Waals surface area contributed by atoms with Gasteiger partial charge in [0.05, 0.1) is 5.25 Å². The number of nitrogens with one attached hydrogen (secondary N) is 2. The summed E-state index contributed by atoms with van der Waals surface area (Å²) in [6, 6.07) is 10.7. The topological polar surface area (TPSA) is 58.2 Å². The molecule has 0 aliphatic carbocycles. The van der Waals surface area contributed by atoms with E-state index in [2.05, 4.69) is 5.32 Å². The summed E-state index contributed by atoms with van der Waals surface area (Å²) in [5, 5.41) is 3.03. The normalized spacial score (nSPS) is 12.2. The van der Waals surface area contributed by atoms with E-state index in [1.807, 2.05) is 0 Å². The first-order valence-corrected chi connectivity index (χ1v) is 10.7. The average molecular weight is 534 g/mol. The predicted molar refractivity (Wildman–Crippen MR) is 116 cm³/mol. The molecule has 0 aromatic heterocycles. The van der Waals surface area contributed by atoms with E-state index < -0.39 is 63.6 Å². The van der Waals surface area contributed by atoms with Crippen LogP contribution in [0.5, 0.6) is 0 Å². The van der Waals surface area contributed by atoms with E-state index in [0.29, 0.717) is 10.6 Å². The molecule has 2 N–H and O–H groups in total. The van der Waals surface area contributed by atoms with Crippen molar-refractivity contribution in [2.24, 2.45) is 0 Å². The lowest BCUT2D eigenvalue weighted by molar-refractivity contribution is -0.143. The van der Waals surface area contributed by atoms with Gasteiger partial charge in [-0.15, -0.1) is 11.8 Å². The maximum atomic E-state index is 14.0. The number of carbonyl (C=O) groups is 2.